The first-order valence-electron chi connectivity index (χ1n) is 9.43. The van der Waals surface area contributed by atoms with Crippen LogP contribution in [0.5, 0.6) is 5.75 Å². The van der Waals surface area contributed by atoms with Crippen LogP contribution in [0.4, 0.5) is 11.5 Å². The first-order chi connectivity index (χ1) is 15.4. The van der Waals surface area contributed by atoms with E-state index in [1.807, 2.05) is 18.2 Å². The van der Waals surface area contributed by atoms with Gasteiger partial charge in [0.15, 0.2) is 5.16 Å². The molecule has 1 amide bonds. The molecule has 3 N–H and O–H groups in total. The highest BCUT2D eigenvalue weighted by Crippen LogP contribution is 2.23. The summed E-state index contributed by atoms with van der Waals surface area (Å²) in [6.45, 7) is 0. The quantitative estimate of drug-likeness (QED) is 0.337. The molecule has 0 aliphatic carbocycles. The summed E-state index contributed by atoms with van der Waals surface area (Å²) in [7, 11) is -2.18. The number of hydrogen-bond donors (Lipinski definition) is 3. The number of benzene rings is 2. The number of H-pyrrole nitrogens is 1. The fraction of sp³-hybridized carbons (Fsp3) is 0.0952. The molecule has 0 radical (unpaired) electrons. The zero-order chi connectivity index (χ0) is 22.6. The number of ether oxygens (including phenoxy) is 1. The maximum Gasteiger partial charge on any atom is 0.263 e. The van der Waals surface area contributed by atoms with Gasteiger partial charge in [-0.15, -0.1) is 0 Å². The Balaban J connectivity index is 1.34. The molecule has 4 aromatic rings. The lowest BCUT2D eigenvalue weighted by Gasteiger charge is -2.08. The largest absolute Gasteiger partial charge is 0.497 e. The molecule has 0 saturated carbocycles. The minimum atomic E-state index is -3.77. The molecular formula is C21H19N5O4S2. The molecule has 0 fully saturated rings. The smallest absolute Gasteiger partial charge is 0.263 e. The van der Waals surface area contributed by atoms with Crippen molar-refractivity contribution in [1.29, 1.82) is 0 Å². The van der Waals surface area contributed by atoms with E-state index in [-0.39, 0.29) is 22.4 Å². The van der Waals surface area contributed by atoms with E-state index in [1.54, 1.807) is 25.3 Å². The molecule has 0 atom stereocenters. The monoisotopic (exact) mass is 469 g/mol. The van der Waals surface area contributed by atoms with E-state index in [1.165, 1.54) is 42.2 Å². The summed E-state index contributed by atoms with van der Waals surface area (Å²) in [5, 5.41) is 3.36. The van der Waals surface area contributed by atoms with Crippen molar-refractivity contribution in [2.24, 2.45) is 0 Å². The van der Waals surface area contributed by atoms with E-state index in [0.717, 1.165) is 16.8 Å². The fourth-order valence-corrected chi connectivity index (χ4v) is 4.52. The number of aromatic amines is 1. The van der Waals surface area contributed by atoms with Crippen LogP contribution >= 0.6 is 11.8 Å². The number of thioether (sulfide) groups is 1. The number of carbonyl (C=O) groups is 1. The van der Waals surface area contributed by atoms with E-state index in [4.69, 9.17) is 4.74 Å². The first-order valence-corrected chi connectivity index (χ1v) is 11.9. The Labute approximate surface area is 188 Å². The van der Waals surface area contributed by atoms with E-state index in [9.17, 15) is 13.2 Å². The molecule has 11 heteroatoms. The molecule has 0 saturated heterocycles. The van der Waals surface area contributed by atoms with Crippen LogP contribution in [0.2, 0.25) is 0 Å². The number of nitrogens with one attached hydrogen (secondary N) is 3. The third-order valence-electron chi connectivity index (χ3n) is 4.36. The lowest BCUT2D eigenvalue weighted by atomic mass is 10.3. The molecule has 9 nitrogen and oxygen atoms in total. The molecule has 0 bridgehead atoms. The van der Waals surface area contributed by atoms with Gasteiger partial charge in [-0.25, -0.2) is 18.4 Å². The normalized spacial score (nSPS) is 11.3. The highest BCUT2D eigenvalue weighted by molar-refractivity contribution is 7.99. The second kappa shape index (κ2) is 9.28. The van der Waals surface area contributed by atoms with Gasteiger partial charge in [0.2, 0.25) is 5.91 Å². The Hall–Kier alpha value is -3.57. The summed E-state index contributed by atoms with van der Waals surface area (Å²) in [4.78, 5) is 23.9. The molecule has 2 aromatic carbocycles. The standard InChI is InChI=1S/C21H19N5O4S2/c1-30-15-7-10-17-18(12-15)25-21(24-17)31-13-20(27)23-14-5-8-16(9-6-14)32(28,29)26-19-4-2-3-11-22-19/h2-12H,13H2,1H3,(H,22,26)(H,23,27)(H,24,25). The predicted molar refractivity (Wildman–Crippen MR) is 123 cm³/mol. The lowest BCUT2D eigenvalue weighted by Crippen LogP contribution is -2.15. The molecule has 32 heavy (non-hydrogen) atoms. The summed E-state index contributed by atoms with van der Waals surface area (Å²) >= 11 is 1.26. The molecule has 164 valence electrons. The van der Waals surface area contributed by atoms with E-state index in [0.29, 0.717) is 10.8 Å². The zero-order valence-electron chi connectivity index (χ0n) is 16.9. The van der Waals surface area contributed by atoms with Crippen LogP contribution in [0.15, 0.2) is 76.9 Å². The summed E-state index contributed by atoms with van der Waals surface area (Å²) in [5.74, 6) is 0.843. The van der Waals surface area contributed by atoms with Crippen molar-refractivity contribution in [1.82, 2.24) is 15.0 Å². The van der Waals surface area contributed by atoms with Gasteiger partial charge in [-0.1, -0.05) is 17.8 Å². The average Bonchev–Trinajstić information content (AvgIpc) is 3.20. The number of imidazole rings is 1. The number of pyridine rings is 1. The number of nitrogens with zero attached hydrogens (tertiary/aromatic N) is 2. The molecule has 4 rings (SSSR count). The Morgan fingerprint density at radius 2 is 1.94 bits per heavy atom. The minimum Gasteiger partial charge on any atom is -0.497 e. The van der Waals surface area contributed by atoms with Gasteiger partial charge in [-0.3, -0.25) is 9.52 Å². The van der Waals surface area contributed by atoms with Gasteiger partial charge in [0, 0.05) is 18.0 Å². The van der Waals surface area contributed by atoms with Crippen LogP contribution in [-0.4, -0.2) is 42.1 Å². The van der Waals surface area contributed by atoms with Gasteiger partial charge in [0.25, 0.3) is 10.0 Å². The molecule has 0 aliphatic heterocycles. The number of rotatable bonds is 8. The van der Waals surface area contributed by atoms with Crippen molar-refractivity contribution < 1.29 is 17.9 Å². The Kier molecular flexibility index (Phi) is 6.28. The van der Waals surface area contributed by atoms with Crippen LogP contribution in [0.1, 0.15) is 0 Å². The van der Waals surface area contributed by atoms with Gasteiger partial charge in [-0.05, 0) is 48.5 Å². The van der Waals surface area contributed by atoms with Gasteiger partial charge in [0.1, 0.15) is 11.6 Å². The van der Waals surface area contributed by atoms with Crippen molar-refractivity contribution in [3.63, 3.8) is 0 Å². The third-order valence-corrected chi connectivity index (χ3v) is 6.60. The molecule has 0 aliphatic rings. The summed E-state index contributed by atoms with van der Waals surface area (Å²) in [6, 6.07) is 16.3. The van der Waals surface area contributed by atoms with Crippen LogP contribution < -0.4 is 14.8 Å². The van der Waals surface area contributed by atoms with Crippen LogP contribution in [-0.2, 0) is 14.8 Å². The van der Waals surface area contributed by atoms with Crippen LogP contribution in [0.3, 0.4) is 0 Å². The van der Waals surface area contributed by atoms with Gasteiger partial charge in [0.05, 0.1) is 28.8 Å². The first kappa shape index (κ1) is 21.7. The average molecular weight is 470 g/mol. The number of amides is 1. The third kappa shape index (κ3) is 5.18. The minimum absolute atomic E-state index is 0.0632. The molecule has 2 heterocycles. The second-order valence-electron chi connectivity index (χ2n) is 6.61. The maximum absolute atomic E-state index is 12.4. The Bertz CT molecular complexity index is 1340. The van der Waals surface area contributed by atoms with Crippen LogP contribution in [0, 0.1) is 0 Å². The number of carbonyl (C=O) groups excluding carboxylic acids is 1. The Morgan fingerprint density at radius 1 is 1.12 bits per heavy atom. The van der Waals surface area contributed by atoms with Crippen molar-refractivity contribution in [3.8, 4) is 5.75 Å². The summed E-state index contributed by atoms with van der Waals surface area (Å²) in [5.41, 5.74) is 2.09. The second-order valence-corrected chi connectivity index (χ2v) is 9.25. The van der Waals surface area contributed by atoms with Crippen molar-refractivity contribution in [2.75, 3.05) is 22.9 Å². The molecule has 2 aromatic heterocycles. The number of anilines is 2. The number of aromatic nitrogens is 3. The van der Waals surface area contributed by atoms with Crippen molar-refractivity contribution in [2.45, 2.75) is 10.1 Å². The molecule has 0 spiro atoms. The summed E-state index contributed by atoms with van der Waals surface area (Å²) in [6.07, 6.45) is 1.50. The number of methoxy groups -OCH3 is 1. The van der Waals surface area contributed by atoms with Crippen molar-refractivity contribution in [3.05, 3.63) is 66.9 Å². The number of sulfonamides is 1. The van der Waals surface area contributed by atoms with Gasteiger partial charge >= 0.3 is 0 Å². The number of fused-ring (bicyclic) bond motifs is 1. The van der Waals surface area contributed by atoms with Gasteiger partial charge < -0.3 is 15.0 Å². The van der Waals surface area contributed by atoms with Crippen molar-refractivity contribution >= 4 is 50.2 Å². The highest BCUT2D eigenvalue weighted by atomic mass is 32.2. The van der Waals surface area contributed by atoms with Crippen LogP contribution in [0.25, 0.3) is 11.0 Å². The summed E-state index contributed by atoms with van der Waals surface area (Å²) < 4.78 is 32.5. The lowest BCUT2D eigenvalue weighted by molar-refractivity contribution is -0.113. The topological polar surface area (TPSA) is 126 Å². The van der Waals surface area contributed by atoms with E-state index >= 15 is 0 Å². The predicted octanol–water partition coefficient (Wildman–Crippen LogP) is 3.50. The van der Waals surface area contributed by atoms with E-state index in [2.05, 4.69) is 25.0 Å². The SMILES string of the molecule is COc1ccc2nc(SCC(=O)Nc3ccc(S(=O)(=O)Nc4ccccn4)cc3)[nH]c2c1. The Morgan fingerprint density at radius 3 is 2.66 bits per heavy atom. The van der Waals surface area contributed by atoms with E-state index < -0.39 is 10.0 Å². The zero-order valence-corrected chi connectivity index (χ0v) is 18.5. The number of hydrogen-bond acceptors (Lipinski definition) is 7. The maximum atomic E-state index is 12.4. The molecular weight excluding hydrogens is 450 g/mol. The highest BCUT2D eigenvalue weighted by Gasteiger charge is 2.15. The molecule has 0 unspecified atom stereocenters. The fourth-order valence-electron chi connectivity index (χ4n) is 2.83. The van der Waals surface area contributed by atoms with Gasteiger partial charge in [-0.2, -0.15) is 0 Å².